The van der Waals surface area contributed by atoms with Crippen molar-refractivity contribution in [3.05, 3.63) is 54.1 Å². The number of hydrogen-bond donors (Lipinski definition) is 3. The van der Waals surface area contributed by atoms with E-state index in [0.29, 0.717) is 11.3 Å². The molecule has 0 aliphatic rings. The molecule has 0 spiro atoms. The molecule has 27 heavy (non-hydrogen) atoms. The minimum absolute atomic E-state index is 0.0276. The van der Waals surface area contributed by atoms with Gasteiger partial charge in [0, 0.05) is 11.7 Å². The average Bonchev–Trinajstić information content (AvgIpc) is 2.61. The van der Waals surface area contributed by atoms with Crippen molar-refractivity contribution >= 4 is 23.2 Å². The molecule has 2 aromatic rings. The Morgan fingerprint density at radius 3 is 2.30 bits per heavy atom. The summed E-state index contributed by atoms with van der Waals surface area (Å²) < 4.78 is 29.2. The number of nitrogens with one attached hydrogen (secondary N) is 3. The second-order valence-electron chi connectivity index (χ2n) is 5.95. The highest BCUT2D eigenvalue weighted by molar-refractivity contribution is 6.01. The number of rotatable bonds is 8. The number of carbonyl (C=O) groups is 2. The van der Waals surface area contributed by atoms with Crippen LogP contribution >= 0.6 is 0 Å². The van der Waals surface area contributed by atoms with E-state index in [9.17, 15) is 18.4 Å². The number of carbonyl (C=O) groups excluding carboxylic acids is 2. The van der Waals surface area contributed by atoms with E-state index in [1.807, 2.05) is 13.8 Å². The fourth-order valence-corrected chi connectivity index (χ4v) is 2.31. The van der Waals surface area contributed by atoms with Gasteiger partial charge in [-0.1, -0.05) is 24.3 Å². The molecule has 0 saturated carbocycles. The molecule has 6 nitrogen and oxygen atoms in total. The number of alkyl halides is 2. The molecule has 0 radical (unpaired) electrons. The molecule has 0 heterocycles. The van der Waals surface area contributed by atoms with Crippen LogP contribution in [0.25, 0.3) is 0 Å². The van der Waals surface area contributed by atoms with Gasteiger partial charge in [-0.3, -0.25) is 9.59 Å². The number of benzene rings is 2. The highest BCUT2D eigenvalue weighted by atomic mass is 19.3. The predicted molar refractivity (Wildman–Crippen MR) is 99.2 cm³/mol. The monoisotopic (exact) mass is 377 g/mol. The molecule has 8 heteroatoms. The Kier molecular flexibility index (Phi) is 7.10. The van der Waals surface area contributed by atoms with Crippen molar-refractivity contribution < 1.29 is 23.1 Å². The highest BCUT2D eigenvalue weighted by Gasteiger charge is 2.14. The van der Waals surface area contributed by atoms with Crippen molar-refractivity contribution in [1.82, 2.24) is 5.32 Å². The van der Waals surface area contributed by atoms with Crippen LogP contribution in [0.1, 0.15) is 24.2 Å². The topological polar surface area (TPSA) is 79.5 Å². The number of halogens is 2. The third-order valence-corrected chi connectivity index (χ3v) is 3.41. The van der Waals surface area contributed by atoms with E-state index in [1.165, 1.54) is 18.2 Å². The minimum atomic E-state index is -2.99. The second kappa shape index (κ2) is 9.51. The summed E-state index contributed by atoms with van der Waals surface area (Å²) in [7, 11) is 0. The van der Waals surface area contributed by atoms with Crippen LogP contribution in [0, 0.1) is 0 Å². The van der Waals surface area contributed by atoms with Gasteiger partial charge in [0.05, 0.1) is 17.8 Å². The normalized spacial score (nSPS) is 10.6. The zero-order valence-electron chi connectivity index (χ0n) is 15.0. The lowest BCUT2D eigenvalue weighted by atomic mass is 10.1. The summed E-state index contributed by atoms with van der Waals surface area (Å²) in [5.41, 5.74) is 1.03. The van der Waals surface area contributed by atoms with E-state index in [1.54, 1.807) is 30.3 Å². The Morgan fingerprint density at radius 1 is 1.00 bits per heavy atom. The van der Waals surface area contributed by atoms with E-state index in [4.69, 9.17) is 0 Å². The molecule has 0 aliphatic carbocycles. The van der Waals surface area contributed by atoms with Crippen LogP contribution in [-0.2, 0) is 4.79 Å². The summed E-state index contributed by atoms with van der Waals surface area (Å²) >= 11 is 0. The zero-order valence-corrected chi connectivity index (χ0v) is 15.0. The van der Waals surface area contributed by atoms with E-state index in [2.05, 4.69) is 20.7 Å². The van der Waals surface area contributed by atoms with Gasteiger partial charge in [-0.05, 0) is 38.1 Å². The molecule has 0 atom stereocenters. The third kappa shape index (κ3) is 6.25. The maximum Gasteiger partial charge on any atom is 0.387 e. The smallest absolute Gasteiger partial charge is 0.387 e. The molecule has 2 rings (SSSR count). The van der Waals surface area contributed by atoms with Gasteiger partial charge < -0.3 is 20.7 Å². The number of anilines is 2. The molecule has 2 aromatic carbocycles. The summed E-state index contributed by atoms with van der Waals surface area (Å²) in [6.45, 7) is 0.544. The van der Waals surface area contributed by atoms with Gasteiger partial charge in [0.1, 0.15) is 5.75 Å². The summed E-state index contributed by atoms with van der Waals surface area (Å²) in [5, 5.41) is 8.18. The fourth-order valence-electron chi connectivity index (χ4n) is 2.31. The largest absolute Gasteiger partial charge is 0.433 e. The van der Waals surface area contributed by atoms with Crippen LogP contribution in [0.4, 0.5) is 20.2 Å². The standard InChI is InChI=1S/C19H21F2N3O3/c1-12(2)23-18(26)13-7-3-4-8-14(13)22-11-17(25)24-15-9-5-6-10-16(15)27-19(20)21/h3-10,12,19,22H,11H2,1-2H3,(H,23,26)(H,24,25). The number of para-hydroxylation sites is 3. The van der Waals surface area contributed by atoms with Crippen molar-refractivity contribution in [2.24, 2.45) is 0 Å². The van der Waals surface area contributed by atoms with Gasteiger partial charge in [-0.25, -0.2) is 0 Å². The van der Waals surface area contributed by atoms with E-state index in [-0.39, 0.29) is 29.9 Å². The predicted octanol–water partition coefficient (Wildman–Crippen LogP) is 3.48. The van der Waals surface area contributed by atoms with Crippen LogP contribution in [-0.4, -0.2) is 31.0 Å². The molecule has 0 unspecified atom stereocenters. The molecule has 0 saturated heterocycles. The van der Waals surface area contributed by atoms with Crippen LogP contribution in [0.15, 0.2) is 48.5 Å². The Balaban J connectivity index is 2.02. The van der Waals surface area contributed by atoms with Gasteiger partial charge in [0.25, 0.3) is 5.91 Å². The number of hydrogen-bond acceptors (Lipinski definition) is 4. The first-order chi connectivity index (χ1) is 12.9. The lowest BCUT2D eigenvalue weighted by Gasteiger charge is -2.15. The Bertz CT molecular complexity index is 797. The van der Waals surface area contributed by atoms with Crippen LogP contribution in [0.5, 0.6) is 5.75 Å². The van der Waals surface area contributed by atoms with Crippen molar-refractivity contribution in [2.75, 3.05) is 17.2 Å². The Hall–Kier alpha value is -3.16. The first kappa shape index (κ1) is 20.2. The lowest BCUT2D eigenvalue weighted by molar-refractivity contribution is -0.114. The Labute approximate surface area is 155 Å². The van der Waals surface area contributed by atoms with Crippen molar-refractivity contribution in [3.8, 4) is 5.75 Å². The molecule has 2 amide bonds. The molecule has 0 fully saturated rings. The van der Waals surface area contributed by atoms with Crippen molar-refractivity contribution in [1.29, 1.82) is 0 Å². The second-order valence-corrected chi connectivity index (χ2v) is 5.95. The number of ether oxygens (including phenoxy) is 1. The lowest BCUT2D eigenvalue weighted by Crippen LogP contribution is -2.31. The molecular weight excluding hydrogens is 356 g/mol. The Morgan fingerprint density at radius 2 is 1.63 bits per heavy atom. The molecule has 0 bridgehead atoms. The van der Waals surface area contributed by atoms with E-state index in [0.717, 1.165) is 0 Å². The van der Waals surface area contributed by atoms with Crippen LogP contribution < -0.4 is 20.7 Å². The minimum Gasteiger partial charge on any atom is -0.433 e. The maximum absolute atomic E-state index is 12.4. The summed E-state index contributed by atoms with van der Waals surface area (Å²) in [6, 6.07) is 12.7. The van der Waals surface area contributed by atoms with Crippen LogP contribution in [0.3, 0.4) is 0 Å². The highest BCUT2D eigenvalue weighted by Crippen LogP contribution is 2.25. The van der Waals surface area contributed by atoms with E-state index >= 15 is 0 Å². The van der Waals surface area contributed by atoms with E-state index < -0.39 is 12.5 Å². The van der Waals surface area contributed by atoms with Crippen LogP contribution in [0.2, 0.25) is 0 Å². The van der Waals surface area contributed by atoms with Gasteiger partial charge in [0.2, 0.25) is 5.91 Å². The number of amides is 2. The summed E-state index contributed by atoms with van der Waals surface area (Å²) in [6.07, 6.45) is 0. The maximum atomic E-state index is 12.4. The third-order valence-electron chi connectivity index (χ3n) is 3.41. The fraction of sp³-hybridized carbons (Fsp3) is 0.263. The SMILES string of the molecule is CC(C)NC(=O)c1ccccc1NCC(=O)Nc1ccccc1OC(F)F. The first-order valence-electron chi connectivity index (χ1n) is 8.34. The summed E-state index contributed by atoms with van der Waals surface area (Å²) in [4.78, 5) is 24.4. The molecule has 0 aromatic heterocycles. The van der Waals surface area contributed by atoms with Gasteiger partial charge >= 0.3 is 6.61 Å². The quantitative estimate of drug-likeness (QED) is 0.658. The van der Waals surface area contributed by atoms with Gasteiger partial charge in [-0.2, -0.15) is 8.78 Å². The molecular formula is C19H21F2N3O3. The summed E-state index contributed by atoms with van der Waals surface area (Å²) in [5.74, 6) is -0.860. The average molecular weight is 377 g/mol. The van der Waals surface area contributed by atoms with Gasteiger partial charge in [0.15, 0.2) is 0 Å². The molecule has 0 aliphatic heterocycles. The van der Waals surface area contributed by atoms with Gasteiger partial charge in [-0.15, -0.1) is 0 Å². The van der Waals surface area contributed by atoms with Crippen molar-refractivity contribution in [2.45, 2.75) is 26.5 Å². The first-order valence-corrected chi connectivity index (χ1v) is 8.34. The van der Waals surface area contributed by atoms with Crippen molar-refractivity contribution in [3.63, 3.8) is 0 Å². The molecule has 144 valence electrons. The molecule has 3 N–H and O–H groups in total. The zero-order chi connectivity index (χ0) is 19.8.